The van der Waals surface area contributed by atoms with E-state index in [1.807, 2.05) is 48.5 Å². The fraction of sp³-hybridized carbons (Fsp3) is 0.0500. The van der Waals surface area contributed by atoms with Crippen LogP contribution >= 0.6 is 11.3 Å². The van der Waals surface area contributed by atoms with E-state index in [0.29, 0.717) is 11.4 Å². The zero-order chi connectivity index (χ0) is 16.8. The third-order valence-corrected chi connectivity index (χ3v) is 4.39. The molecule has 0 aliphatic heterocycles. The second-order valence-electron chi connectivity index (χ2n) is 5.13. The van der Waals surface area contributed by atoms with Crippen molar-refractivity contribution in [1.82, 2.24) is 0 Å². The smallest absolute Gasteiger partial charge is 0.248 e. The molecule has 0 unspecified atom stereocenters. The van der Waals surface area contributed by atoms with Crippen LogP contribution in [0.4, 0.5) is 5.69 Å². The molecule has 2 aromatic carbocycles. The van der Waals surface area contributed by atoms with Gasteiger partial charge in [-0.2, -0.15) is 0 Å². The number of benzene rings is 2. The van der Waals surface area contributed by atoms with Crippen LogP contribution in [0.25, 0.3) is 17.2 Å². The zero-order valence-corrected chi connectivity index (χ0v) is 14.0. The van der Waals surface area contributed by atoms with E-state index in [0.717, 1.165) is 10.4 Å². The first-order valence-electron chi connectivity index (χ1n) is 7.52. The lowest BCUT2D eigenvalue weighted by atomic mass is 10.1. The fourth-order valence-corrected chi connectivity index (χ4v) is 3.11. The molecule has 3 aromatic rings. The summed E-state index contributed by atoms with van der Waals surface area (Å²) in [7, 11) is 1.58. The summed E-state index contributed by atoms with van der Waals surface area (Å²) in [5.74, 6) is 0.455. The molecule has 0 aliphatic rings. The van der Waals surface area contributed by atoms with Crippen molar-refractivity contribution in [3.8, 4) is 16.9 Å². The Kier molecular flexibility index (Phi) is 5.08. The van der Waals surface area contributed by atoms with Crippen LogP contribution in [-0.2, 0) is 4.79 Å². The number of hydrogen-bond acceptors (Lipinski definition) is 3. The molecule has 4 heteroatoms. The van der Waals surface area contributed by atoms with Crippen LogP contribution in [0.15, 0.2) is 72.1 Å². The van der Waals surface area contributed by atoms with Gasteiger partial charge in [0.2, 0.25) is 5.91 Å². The van der Waals surface area contributed by atoms with E-state index in [4.69, 9.17) is 4.74 Å². The van der Waals surface area contributed by atoms with Crippen LogP contribution < -0.4 is 10.1 Å². The molecule has 3 nitrogen and oxygen atoms in total. The van der Waals surface area contributed by atoms with Crippen LogP contribution in [0.5, 0.6) is 5.75 Å². The van der Waals surface area contributed by atoms with E-state index in [1.54, 1.807) is 18.4 Å². The lowest BCUT2D eigenvalue weighted by molar-refractivity contribution is -0.111. The van der Waals surface area contributed by atoms with Crippen LogP contribution in [0.3, 0.4) is 0 Å². The normalized spacial score (nSPS) is 10.7. The number of ether oxygens (including phenoxy) is 1. The second-order valence-corrected chi connectivity index (χ2v) is 6.07. The summed E-state index contributed by atoms with van der Waals surface area (Å²) in [4.78, 5) is 13.1. The molecule has 1 aromatic heterocycles. The van der Waals surface area contributed by atoms with E-state index in [1.165, 1.54) is 11.6 Å². The minimum Gasteiger partial charge on any atom is -0.495 e. The van der Waals surface area contributed by atoms with Gasteiger partial charge in [0.15, 0.2) is 0 Å². The molecule has 0 atom stereocenters. The van der Waals surface area contributed by atoms with Gasteiger partial charge in [-0.3, -0.25) is 4.79 Å². The van der Waals surface area contributed by atoms with Crippen molar-refractivity contribution in [2.45, 2.75) is 0 Å². The summed E-state index contributed by atoms with van der Waals surface area (Å²) < 4.78 is 5.22. The van der Waals surface area contributed by atoms with Crippen LogP contribution in [0.2, 0.25) is 0 Å². The predicted molar refractivity (Wildman–Crippen MR) is 100 cm³/mol. The van der Waals surface area contributed by atoms with Gasteiger partial charge in [0.1, 0.15) is 5.75 Å². The van der Waals surface area contributed by atoms with Crippen molar-refractivity contribution in [2.75, 3.05) is 12.4 Å². The molecule has 0 saturated carbocycles. The average molecular weight is 335 g/mol. The van der Waals surface area contributed by atoms with Crippen LogP contribution in [-0.4, -0.2) is 13.0 Å². The van der Waals surface area contributed by atoms with E-state index in [2.05, 4.69) is 28.9 Å². The lowest BCUT2D eigenvalue weighted by Crippen LogP contribution is -2.08. The highest BCUT2D eigenvalue weighted by molar-refractivity contribution is 7.11. The third kappa shape index (κ3) is 3.91. The first-order valence-corrected chi connectivity index (χ1v) is 8.40. The summed E-state index contributed by atoms with van der Waals surface area (Å²) in [5.41, 5.74) is 2.99. The lowest BCUT2D eigenvalue weighted by Gasteiger charge is -2.07. The van der Waals surface area contributed by atoms with E-state index in [-0.39, 0.29) is 5.91 Å². The molecule has 0 saturated heterocycles. The molecular weight excluding hydrogens is 318 g/mol. The van der Waals surface area contributed by atoms with Gasteiger partial charge >= 0.3 is 0 Å². The largest absolute Gasteiger partial charge is 0.495 e. The SMILES string of the molecule is COc1ccccc1NC(=O)/C=C/c1cc(-c2ccccc2)cs1. The van der Waals surface area contributed by atoms with Crippen molar-refractivity contribution in [1.29, 1.82) is 0 Å². The number of rotatable bonds is 5. The number of thiophene rings is 1. The Balaban J connectivity index is 1.68. The van der Waals surface area contributed by atoms with Gasteiger partial charge in [0, 0.05) is 11.0 Å². The second kappa shape index (κ2) is 7.62. The number of nitrogens with one attached hydrogen (secondary N) is 1. The minimum absolute atomic E-state index is 0.186. The third-order valence-electron chi connectivity index (χ3n) is 3.49. The number of carbonyl (C=O) groups is 1. The van der Waals surface area contributed by atoms with Crippen LogP contribution in [0.1, 0.15) is 4.88 Å². The molecule has 0 bridgehead atoms. The Morgan fingerprint density at radius 3 is 2.58 bits per heavy atom. The van der Waals surface area contributed by atoms with Crippen LogP contribution in [0, 0.1) is 0 Å². The van der Waals surface area contributed by atoms with E-state index >= 15 is 0 Å². The first-order chi connectivity index (χ1) is 11.8. The zero-order valence-electron chi connectivity index (χ0n) is 13.2. The standard InChI is InChI=1S/C20H17NO2S/c1-23-19-10-6-5-9-18(19)21-20(22)12-11-17-13-16(14-24-17)15-7-3-2-4-8-15/h2-14H,1H3,(H,21,22)/b12-11+. The van der Waals surface area contributed by atoms with Crippen molar-refractivity contribution >= 4 is 29.0 Å². The van der Waals surface area contributed by atoms with Crippen molar-refractivity contribution in [3.05, 3.63) is 77.0 Å². The number of amides is 1. The van der Waals surface area contributed by atoms with Gasteiger partial charge in [0.05, 0.1) is 12.8 Å². The van der Waals surface area contributed by atoms with E-state index < -0.39 is 0 Å². The summed E-state index contributed by atoms with van der Waals surface area (Å²) >= 11 is 1.61. The molecule has 0 radical (unpaired) electrons. The molecule has 1 N–H and O–H groups in total. The Morgan fingerprint density at radius 2 is 1.79 bits per heavy atom. The summed E-state index contributed by atoms with van der Waals surface area (Å²) in [6, 6.07) is 19.6. The molecule has 0 spiro atoms. The molecular formula is C20H17NO2S. The fourth-order valence-electron chi connectivity index (χ4n) is 2.30. The maximum atomic E-state index is 12.1. The quantitative estimate of drug-likeness (QED) is 0.661. The van der Waals surface area contributed by atoms with Gasteiger partial charge in [-0.05, 0) is 40.8 Å². The number of para-hydroxylation sites is 2. The molecule has 0 fully saturated rings. The highest BCUT2D eigenvalue weighted by Crippen LogP contribution is 2.26. The number of methoxy groups -OCH3 is 1. The van der Waals surface area contributed by atoms with Crippen molar-refractivity contribution < 1.29 is 9.53 Å². The molecule has 24 heavy (non-hydrogen) atoms. The Bertz CT molecular complexity index is 853. The Morgan fingerprint density at radius 1 is 1.04 bits per heavy atom. The average Bonchev–Trinajstić information content (AvgIpc) is 3.10. The maximum Gasteiger partial charge on any atom is 0.248 e. The summed E-state index contributed by atoms with van der Waals surface area (Å²) in [6.07, 6.45) is 3.36. The maximum absolute atomic E-state index is 12.1. The first kappa shape index (κ1) is 16.0. The van der Waals surface area contributed by atoms with Gasteiger partial charge in [-0.25, -0.2) is 0 Å². The monoisotopic (exact) mass is 335 g/mol. The van der Waals surface area contributed by atoms with Gasteiger partial charge in [-0.1, -0.05) is 42.5 Å². The summed E-state index contributed by atoms with van der Waals surface area (Å²) in [5, 5.41) is 4.91. The predicted octanol–water partition coefficient (Wildman–Crippen LogP) is 5.08. The van der Waals surface area contributed by atoms with Gasteiger partial charge in [0.25, 0.3) is 0 Å². The van der Waals surface area contributed by atoms with Gasteiger partial charge in [-0.15, -0.1) is 11.3 Å². The molecule has 0 aliphatic carbocycles. The topological polar surface area (TPSA) is 38.3 Å². The Hall–Kier alpha value is -2.85. The molecule has 120 valence electrons. The van der Waals surface area contributed by atoms with E-state index in [9.17, 15) is 4.79 Å². The molecule has 1 heterocycles. The number of anilines is 1. The van der Waals surface area contributed by atoms with Crippen molar-refractivity contribution in [2.24, 2.45) is 0 Å². The minimum atomic E-state index is -0.186. The highest BCUT2D eigenvalue weighted by atomic mass is 32.1. The van der Waals surface area contributed by atoms with Crippen molar-refractivity contribution in [3.63, 3.8) is 0 Å². The van der Waals surface area contributed by atoms with Gasteiger partial charge < -0.3 is 10.1 Å². The number of hydrogen-bond donors (Lipinski definition) is 1. The summed E-state index contributed by atoms with van der Waals surface area (Å²) in [6.45, 7) is 0. The molecule has 3 rings (SSSR count). The molecule has 1 amide bonds. The number of carbonyl (C=O) groups excluding carboxylic acids is 1. The highest BCUT2D eigenvalue weighted by Gasteiger charge is 2.04. The Labute approximate surface area is 145 Å².